The number of hydrogen-bond acceptors (Lipinski definition) is 5. The van der Waals surface area contributed by atoms with Crippen LogP contribution in [0.5, 0.6) is 0 Å². The number of aryl methyl sites for hydroxylation is 1. The van der Waals surface area contributed by atoms with Gasteiger partial charge in [0.2, 0.25) is 11.9 Å². The monoisotopic (exact) mass is 218 g/mol. The van der Waals surface area contributed by atoms with Crippen molar-refractivity contribution in [2.45, 2.75) is 13.8 Å². The molecule has 0 saturated heterocycles. The van der Waals surface area contributed by atoms with E-state index in [1.54, 1.807) is 25.4 Å². The van der Waals surface area contributed by atoms with Crippen molar-refractivity contribution in [1.82, 2.24) is 15.0 Å². The second kappa shape index (κ2) is 4.09. The maximum Gasteiger partial charge on any atom is 0.230 e. The Kier molecular flexibility index (Phi) is 2.63. The molecule has 6 nitrogen and oxygen atoms in total. The Morgan fingerprint density at radius 3 is 2.88 bits per heavy atom. The van der Waals surface area contributed by atoms with Crippen molar-refractivity contribution in [2.24, 2.45) is 0 Å². The van der Waals surface area contributed by atoms with Gasteiger partial charge >= 0.3 is 0 Å². The molecule has 2 aromatic heterocycles. The molecule has 0 aromatic carbocycles. The highest BCUT2D eigenvalue weighted by molar-refractivity contribution is 5.86. The molecule has 0 atom stereocenters. The van der Waals surface area contributed by atoms with Crippen LogP contribution in [-0.4, -0.2) is 20.9 Å². The number of anilines is 1. The third kappa shape index (κ3) is 2.22. The van der Waals surface area contributed by atoms with Crippen LogP contribution in [0.4, 0.5) is 5.95 Å². The first kappa shape index (κ1) is 10.3. The Morgan fingerprint density at radius 1 is 1.44 bits per heavy atom. The number of rotatable bonds is 2. The fourth-order valence-corrected chi connectivity index (χ4v) is 1.19. The molecule has 0 aliphatic carbocycles. The second-order valence-electron chi connectivity index (χ2n) is 3.19. The van der Waals surface area contributed by atoms with Crippen LogP contribution in [0.15, 0.2) is 22.9 Å². The summed E-state index contributed by atoms with van der Waals surface area (Å²) in [7, 11) is 0. The molecule has 82 valence electrons. The van der Waals surface area contributed by atoms with Gasteiger partial charge in [-0.15, -0.1) is 0 Å². The average Bonchev–Trinajstić information content (AvgIpc) is 2.64. The Morgan fingerprint density at radius 2 is 2.25 bits per heavy atom. The Balaban J connectivity index is 2.32. The quantitative estimate of drug-likeness (QED) is 0.823. The van der Waals surface area contributed by atoms with Gasteiger partial charge in [0.05, 0.1) is 6.20 Å². The van der Waals surface area contributed by atoms with Gasteiger partial charge in [-0.25, -0.2) is 15.0 Å². The van der Waals surface area contributed by atoms with Crippen LogP contribution in [0.25, 0.3) is 11.5 Å². The van der Waals surface area contributed by atoms with E-state index in [0.29, 0.717) is 17.3 Å². The summed E-state index contributed by atoms with van der Waals surface area (Å²) in [6, 6.07) is 1.69. The summed E-state index contributed by atoms with van der Waals surface area (Å²) in [5.74, 6) is 1.14. The van der Waals surface area contributed by atoms with Crippen molar-refractivity contribution >= 4 is 11.9 Å². The predicted molar refractivity (Wildman–Crippen MR) is 56.6 cm³/mol. The number of oxazole rings is 1. The highest BCUT2D eigenvalue weighted by Crippen LogP contribution is 2.18. The lowest BCUT2D eigenvalue weighted by atomic mass is 10.3. The summed E-state index contributed by atoms with van der Waals surface area (Å²) in [6.45, 7) is 3.15. The van der Waals surface area contributed by atoms with E-state index in [9.17, 15) is 4.79 Å². The molecule has 2 heterocycles. The first-order chi connectivity index (χ1) is 7.65. The largest absolute Gasteiger partial charge is 0.439 e. The van der Waals surface area contributed by atoms with Crippen molar-refractivity contribution in [3.8, 4) is 11.5 Å². The molecule has 2 aromatic rings. The smallest absolute Gasteiger partial charge is 0.230 e. The molecule has 0 radical (unpaired) electrons. The first-order valence-corrected chi connectivity index (χ1v) is 4.68. The summed E-state index contributed by atoms with van der Waals surface area (Å²) in [4.78, 5) is 22.8. The third-order valence-electron chi connectivity index (χ3n) is 1.82. The van der Waals surface area contributed by atoms with Gasteiger partial charge in [0.1, 0.15) is 5.69 Å². The molecule has 1 N–H and O–H groups in total. The molecule has 1 amide bonds. The zero-order chi connectivity index (χ0) is 11.5. The van der Waals surface area contributed by atoms with E-state index in [-0.39, 0.29) is 11.9 Å². The number of carbonyl (C=O) groups excluding carboxylic acids is 1. The lowest BCUT2D eigenvalue weighted by molar-refractivity contribution is -0.114. The van der Waals surface area contributed by atoms with Gasteiger partial charge in [-0.2, -0.15) is 0 Å². The van der Waals surface area contributed by atoms with Crippen molar-refractivity contribution in [3.05, 3.63) is 24.4 Å². The van der Waals surface area contributed by atoms with Crippen LogP contribution < -0.4 is 5.32 Å². The predicted octanol–water partition coefficient (Wildman–Crippen LogP) is 1.40. The van der Waals surface area contributed by atoms with Crippen LogP contribution in [0.1, 0.15) is 12.8 Å². The summed E-state index contributed by atoms with van der Waals surface area (Å²) in [5.41, 5.74) is 0.583. The van der Waals surface area contributed by atoms with Crippen molar-refractivity contribution < 1.29 is 9.21 Å². The van der Waals surface area contributed by atoms with Gasteiger partial charge in [0, 0.05) is 20.0 Å². The number of aromatic nitrogens is 3. The number of nitrogens with zero attached hydrogens (tertiary/aromatic N) is 3. The molecule has 0 saturated carbocycles. The Hall–Kier alpha value is -2.24. The van der Waals surface area contributed by atoms with Crippen LogP contribution in [0.3, 0.4) is 0 Å². The van der Waals surface area contributed by atoms with E-state index < -0.39 is 0 Å². The molecule has 6 heteroatoms. The molecular weight excluding hydrogens is 208 g/mol. The molecule has 0 fully saturated rings. The van der Waals surface area contributed by atoms with E-state index >= 15 is 0 Å². The van der Waals surface area contributed by atoms with E-state index in [4.69, 9.17) is 4.42 Å². The first-order valence-electron chi connectivity index (χ1n) is 4.68. The summed E-state index contributed by atoms with van der Waals surface area (Å²) in [5, 5.41) is 2.50. The molecule has 16 heavy (non-hydrogen) atoms. The zero-order valence-corrected chi connectivity index (χ0v) is 8.89. The number of nitrogens with one attached hydrogen (secondary N) is 1. The fraction of sp³-hybridized carbons (Fsp3) is 0.200. The van der Waals surface area contributed by atoms with Crippen LogP contribution in [-0.2, 0) is 4.79 Å². The van der Waals surface area contributed by atoms with Crippen LogP contribution in [0.2, 0.25) is 0 Å². The van der Waals surface area contributed by atoms with Crippen LogP contribution in [0, 0.1) is 6.92 Å². The Bertz CT molecular complexity index is 521. The highest BCUT2D eigenvalue weighted by atomic mass is 16.4. The van der Waals surface area contributed by atoms with Gasteiger partial charge in [0.25, 0.3) is 0 Å². The topological polar surface area (TPSA) is 80.9 Å². The van der Waals surface area contributed by atoms with Gasteiger partial charge in [-0.1, -0.05) is 0 Å². The Labute approximate surface area is 91.7 Å². The van der Waals surface area contributed by atoms with E-state index in [2.05, 4.69) is 20.3 Å². The fourth-order valence-electron chi connectivity index (χ4n) is 1.19. The standard InChI is InChI=1S/C10H10N4O2/c1-6(15)13-10-11-4-3-8(14-10)9-5-12-7(2)16-9/h3-5H,1-2H3,(H,11,13,14,15). The minimum atomic E-state index is -0.217. The normalized spacial score (nSPS) is 10.1. The summed E-state index contributed by atoms with van der Waals surface area (Å²) < 4.78 is 5.32. The van der Waals surface area contributed by atoms with Gasteiger partial charge in [0.15, 0.2) is 11.7 Å². The second-order valence-corrected chi connectivity index (χ2v) is 3.19. The minimum absolute atomic E-state index is 0.217. The molecule has 0 unspecified atom stereocenters. The average molecular weight is 218 g/mol. The van der Waals surface area contributed by atoms with Gasteiger partial charge < -0.3 is 4.42 Å². The van der Waals surface area contributed by atoms with Crippen molar-refractivity contribution in [3.63, 3.8) is 0 Å². The van der Waals surface area contributed by atoms with Crippen molar-refractivity contribution in [2.75, 3.05) is 5.32 Å². The number of carbonyl (C=O) groups is 1. The molecule has 2 rings (SSSR count). The number of hydrogen-bond donors (Lipinski definition) is 1. The zero-order valence-electron chi connectivity index (χ0n) is 8.89. The van der Waals surface area contributed by atoms with Gasteiger partial charge in [-0.3, -0.25) is 10.1 Å². The minimum Gasteiger partial charge on any atom is -0.439 e. The lowest BCUT2D eigenvalue weighted by Gasteiger charge is -2.00. The summed E-state index contributed by atoms with van der Waals surface area (Å²) in [6.07, 6.45) is 3.13. The van der Waals surface area contributed by atoms with Gasteiger partial charge in [-0.05, 0) is 6.07 Å². The van der Waals surface area contributed by atoms with Crippen molar-refractivity contribution in [1.29, 1.82) is 0 Å². The molecule has 0 bridgehead atoms. The SMILES string of the molecule is CC(=O)Nc1nccc(-c2cnc(C)o2)n1. The maximum atomic E-state index is 10.8. The number of amides is 1. The maximum absolute atomic E-state index is 10.8. The highest BCUT2D eigenvalue weighted by Gasteiger charge is 2.07. The van der Waals surface area contributed by atoms with E-state index in [1.165, 1.54) is 6.92 Å². The molecular formula is C10H10N4O2. The third-order valence-corrected chi connectivity index (χ3v) is 1.82. The van der Waals surface area contributed by atoms with Crippen LogP contribution >= 0.6 is 0 Å². The van der Waals surface area contributed by atoms with E-state index in [0.717, 1.165) is 0 Å². The summed E-state index contributed by atoms with van der Waals surface area (Å²) >= 11 is 0. The molecule has 0 spiro atoms. The molecule has 0 aliphatic heterocycles. The molecule has 0 aliphatic rings. The lowest BCUT2D eigenvalue weighted by Crippen LogP contribution is -2.09. The van der Waals surface area contributed by atoms with E-state index in [1.807, 2.05) is 0 Å².